The maximum Gasteiger partial charge on any atom is 0.260 e. The Labute approximate surface area is 112 Å². The first-order chi connectivity index (χ1) is 9.16. The Bertz CT molecular complexity index is 443. The zero-order valence-electron chi connectivity index (χ0n) is 11.1. The number of aryl methyl sites for hydroxylation is 1. The fourth-order valence-electron chi connectivity index (χ4n) is 2.05. The van der Waals surface area contributed by atoms with Gasteiger partial charge < -0.3 is 15.0 Å². The third-order valence-electron chi connectivity index (χ3n) is 3.13. The minimum Gasteiger partial charge on any atom is -0.481 e. The lowest BCUT2D eigenvalue weighted by Crippen LogP contribution is -2.37. The van der Waals surface area contributed by atoms with E-state index in [0.717, 1.165) is 31.6 Å². The molecule has 0 radical (unpaired) electrons. The standard InChI is InChI=1S/C14H19FN2O2/c1-11-3-4-12(15)13(9-11)19-10-14(18)17-7-2-5-16-6-8-17/h3-4,9,16H,2,5-8,10H2,1H3. The van der Waals surface area contributed by atoms with Crippen LogP contribution in [0.3, 0.4) is 0 Å². The van der Waals surface area contributed by atoms with Crippen molar-refractivity contribution >= 4 is 5.91 Å². The number of rotatable bonds is 3. The summed E-state index contributed by atoms with van der Waals surface area (Å²) in [6, 6.07) is 4.63. The molecule has 1 N–H and O–H groups in total. The number of carbonyl (C=O) groups is 1. The van der Waals surface area contributed by atoms with Gasteiger partial charge in [0.05, 0.1) is 0 Å². The van der Waals surface area contributed by atoms with E-state index in [-0.39, 0.29) is 18.3 Å². The van der Waals surface area contributed by atoms with Crippen molar-refractivity contribution in [2.75, 3.05) is 32.8 Å². The summed E-state index contributed by atoms with van der Waals surface area (Å²) >= 11 is 0. The van der Waals surface area contributed by atoms with Crippen molar-refractivity contribution in [3.05, 3.63) is 29.6 Å². The lowest BCUT2D eigenvalue weighted by atomic mass is 10.2. The summed E-state index contributed by atoms with van der Waals surface area (Å²) in [4.78, 5) is 13.7. The number of ether oxygens (including phenoxy) is 1. The average Bonchev–Trinajstić information content (AvgIpc) is 2.68. The summed E-state index contributed by atoms with van der Waals surface area (Å²) in [6.07, 6.45) is 0.935. The minimum absolute atomic E-state index is 0.0930. The highest BCUT2D eigenvalue weighted by atomic mass is 19.1. The Morgan fingerprint density at radius 1 is 1.42 bits per heavy atom. The van der Waals surface area contributed by atoms with Crippen molar-refractivity contribution in [3.63, 3.8) is 0 Å². The van der Waals surface area contributed by atoms with Gasteiger partial charge in [-0.15, -0.1) is 0 Å². The highest BCUT2D eigenvalue weighted by Crippen LogP contribution is 2.18. The SMILES string of the molecule is Cc1ccc(F)c(OCC(=O)N2CCCNCC2)c1. The van der Waals surface area contributed by atoms with Crippen LogP contribution in [0, 0.1) is 12.7 Å². The fourth-order valence-corrected chi connectivity index (χ4v) is 2.05. The number of benzene rings is 1. The van der Waals surface area contributed by atoms with Crippen LogP contribution in [-0.4, -0.2) is 43.6 Å². The van der Waals surface area contributed by atoms with Crippen LogP contribution in [0.25, 0.3) is 0 Å². The molecular formula is C14H19FN2O2. The molecule has 1 aliphatic heterocycles. The van der Waals surface area contributed by atoms with Crippen molar-refractivity contribution < 1.29 is 13.9 Å². The van der Waals surface area contributed by atoms with E-state index in [9.17, 15) is 9.18 Å². The largest absolute Gasteiger partial charge is 0.481 e. The van der Waals surface area contributed by atoms with Gasteiger partial charge in [-0.25, -0.2) is 4.39 Å². The van der Waals surface area contributed by atoms with Crippen molar-refractivity contribution in [3.8, 4) is 5.75 Å². The van der Waals surface area contributed by atoms with E-state index >= 15 is 0 Å². The number of amides is 1. The Kier molecular flexibility index (Phi) is 4.74. The quantitative estimate of drug-likeness (QED) is 0.897. The van der Waals surface area contributed by atoms with Crippen LogP contribution >= 0.6 is 0 Å². The molecule has 1 aromatic rings. The molecule has 104 valence electrons. The van der Waals surface area contributed by atoms with Crippen LogP contribution in [0.2, 0.25) is 0 Å². The van der Waals surface area contributed by atoms with E-state index in [0.29, 0.717) is 6.54 Å². The van der Waals surface area contributed by atoms with Gasteiger partial charge in [-0.3, -0.25) is 4.79 Å². The first kappa shape index (κ1) is 13.8. The normalized spacial score (nSPS) is 16.0. The molecule has 0 spiro atoms. The number of carbonyl (C=O) groups excluding carboxylic acids is 1. The van der Waals surface area contributed by atoms with Crippen LogP contribution in [0.5, 0.6) is 5.75 Å². The molecule has 0 bridgehead atoms. The van der Waals surface area contributed by atoms with Crippen molar-refractivity contribution in [1.82, 2.24) is 10.2 Å². The Hall–Kier alpha value is -1.62. The molecule has 1 aliphatic rings. The summed E-state index contributed by atoms with van der Waals surface area (Å²) in [5, 5.41) is 3.23. The molecule has 4 nitrogen and oxygen atoms in total. The van der Waals surface area contributed by atoms with Crippen molar-refractivity contribution in [1.29, 1.82) is 0 Å². The van der Waals surface area contributed by atoms with Gasteiger partial charge in [0.2, 0.25) is 0 Å². The highest BCUT2D eigenvalue weighted by molar-refractivity contribution is 5.77. The second kappa shape index (κ2) is 6.52. The van der Waals surface area contributed by atoms with Crippen LogP contribution in [0.1, 0.15) is 12.0 Å². The molecule has 2 rings (SSSR count). The van der Waals surface area contributed by atoms with E-state index in [1.54, 1.807) is 17.0 Å². The molecule has 0 aliphatic carbocycles. The Morgan fingerprint density at radius 3 is 3.11 bits per heavy atom. The van der Waals surface area contributed by atoms with E-state index in [1.807, 2.05) is 6.92 Å². The van der Waals surface area contributed by atoms with Gasteiger partial charge in [0.25, 0.3) is 5.91 Å². The summed E-state index contributed by atoms with van der Waals surface area (Å²) < 4.78 is 18.8. The summed E-state index contributed by atoms with van der Waals surface area (Å²) in [7, 11) is 0. The van der Waals surface area contributed by atoms with E-state index < -0.39 is 5.82 Å². The number of nitrogens with zero attached hydrogens (tertiary/aromatic N) is 1. The third kappa shape index (κ3) is 3.92. The summed E-state index contributed by atoms with van der Waals surface area (Å²) in [5.74, 6) is -0.387. The lowest BCUT2D eigenvalue weighted by molar-refractivity contribution is -0.133. The van der Waals surface area contributed by atoms with Gasteiger partial charge in [0.1, 0.15) is 0 Å². The average molecular weight is 266 g/mol. The maximum absolute atomic E-state index is 13.5. The molecule has 1 saturated heterocycles. The van der Waals surface area contributed by atoms with Gasteiger partial charge in [0, 0.05) is 19.6 Å². The molecule has 19 heavy (non-hydrogen) atoms. The van der Waals surface area contributed by atoms with Gasteiger partial charge >= 0.3 is 0 Å². The van der Waals surface area contributed by atoms with Gasteiger partial charge in [-0.1, -0.05) is 6.07 Å². The van der Waals surface area contributed by atoms with E-state index in [1.165, 1.54) is 6.07 Å². The highest BCUT2D eigenvalue weighted by Gasteiger charge is 2.16. The number of halogens is 1. The van der Waals surface area contributed by atoms with Crippen LogP contribution in [-0.2, 0) is 4.79 Å². The number of hydrogen-bond donors (Lipinski definition) is 1. The second-order valence-electron chi connectivity index (χ2n) is 4.71. The molecule has 5 heteroatoms. The second-order valence-corrected chi connectivity index (χ2v) is 4.71. The first-order valence-electron chi connectivity index (χ1n) is 6.54. The first-order valence-corrected chi connectivity index (χ1v) is 6.54. The maximum atomic E-state index is 13.5. The lowest BCUT2D eigenvalue weighted by Gasteiger charge is -2.20. The number of nitrogens with one attached hydrogen (secondary N) is 1. The molecule has 0 unspecified atom stereocenters. The van der Waals surface area contributed by atoms with Crippen molar-refractivity contribution in [2.24, 2.45) is 0 Å². The van der Waals surface area contributed by atoms with E-state index in [2.05, 4.69) is 5.32 Å². The molecule has 0 saturated carbocycles. The van der Waals surface area contributed by atoms with Gasteiger partial charge in [-0.05, 0) is 37.6 Å². The summed E-state index contributed by atoms with van der Waals surface area (Å²) in [6.45, 7) is 4.88. The monoisotopic (exact) mass is 266 g/mol. The molecular weight excluding hydrogens is 247 g/mol. The molecule has 0 aromatic heterocycles. The third-order valence-corrected chi connectivity index (χ3v) is 3.13. The topological polar surface area (TPSA) is 41.6 Å². The minimum atomic E-state index is -0.434. The van der Waals surface area contributed by atoms with Gasteiger partial charge in [-0.2, -0.15) is 0 Å². The molecule has 1 fully saturated rings. The molecule has 0 atom stereocenters. The molecule has 1 amide bonds. The fraction of sp³-hybridized carbons (Fsp3) is 0.500. The van der Waals surface area contributed by atoms with Crippen LogP contribution < -0.4 is 10.1 Å². The smallest absolute Gasteiger partial charge is 0.260 e. The van der Waals surface area contributed by atoms with Crippen LogP contribution in [0.15, 0.2) is 18.2 Å². The predicted molar refractivity (Wildman–Crippen MR) is 70.7 cm³/mol. The molecule has 1 heterocycles. The zero-order chi connectivity index (χ0) is 13.7. The summed E-state index contributed by atoms with van der Waals surface area (Å²) in [5.41, 5.74) is 0.905. The van der Waals surface area contributed by atoms with Crippen LogP contribution in [0.4, 0.5) is 4.39 Å². The zero-order valence-corrected chi connectivity index (χ0v) is 11.1. The Morgan fingerprint density at radius 2 is 2.26 bits per heavy atom. The van der Waals surface area contributed by atoms with Gasteiger partial charge in [0.15, 0.2) is 18.2 Å². The van der Waals surface area contributed by atoms with E-state index in [4.69, 9.17) is 4.74 Å². The Balaban J connectivity index is 1.90. The van der Waals surface area contributed by atoms with Crippen molar-refractivity contribution in [2.45, 2.75) is 13.3 Å². The predicted octanol–water partition coefficient (Wildman–Crippen LogP) is 1.33. The number of hydrogen-bond acceptors (Lipinski definition) is 3. The molecule has 1 aromatic carbocycles.